The second kappa shape index (κ2) is 9.73. The summed E-state index contributed by atoms with van der Waals surface area (Å²) in [7, 11) is 0.215. The molecule has 30 heavy (non-hydrogen) atoms. The lowest BCUT2D eigenvalue weighted by Crippen LogP contribution is -2.47. The lowest BCUT2D eigenvalue weighted by Gasteiger charge is -2.34. The Hall–Kier alpha value is -2.22. The molecule has 6 nitrogen and oxygen atoms in total. The maximum Gasteiger partial charge on any atom is 0.251 e. The van der Waals surface area contributed by atoms with E-state index in [0.29, 0.717) is 5.56 Å². The third-order valence-corrected chi connectivity index (χ3v) is 6.82. The molecule has 2 rings (SSSR count). The number of nitrogens with one attached hydrogen (secondary N) is 2. The van der Waals surface area contributed by atoms with E-state index in [0.717, 1.165) is 12.1 Å². The smallest absolute Gasteiger partial charge is 0.251 e. The molecule has 2 aromatic rings. The highest BCUT2D eigenvalue weighted by atomic mass is 32.2. The van der Waals surface area contributed by atoms with Crippen molar-refractivity contribution in [1.29, 1.82) is 0 Å². The second-order valence-electron chi connectivity index (χ2n) is 8.70. The Balaban J connectivity index is 2.15. The van der Waals surface area contributed by atoms with E-state index in [-0.39, 0.29) is 28.3 Å². The van der Waals surface area contributed by atoms with Crippen LogP contribution in [0.3, 0.4) is 0 Å². The van der Waals surface area contributed by atoms with Gasteiger partial charge in [-0.2, -0.15) is 0 Å². The number of amides is 1. The molecule has 0 saturated carbocycles. The Morgan fingerprint density at radius 1 is 1.03 bits per heavy atom. The lowest BCUT2D eigenvalue weighted by atomic mass is 9.84. The van der Waals surface area contributed by atoms with Crippen LogP contribution in [0.4, 0.5) is 0 Å². The fourth-order valence-corrected chi connectivity index (χ4v) is 4.62. The first kappa shape index (κ1) is 24.1. The van der Waals surface area contributed by atoms with Crippen LogP contribution in [0.1, 0.15) is 49.7 Å². The van der Waals surface area contributed by atoms with Crippen LogP contribution < -0.4 is 10.0 Å². The molecule has 1 amide bonds. The Kier molecular flexibility index (Phi) is 7.80. The van der Waals surface area contributed by atoms with Gasteiger partial charge in [0.2, 0.25) is 10.0 Å². The normalized spacial score (nSPS) is 14.4. The van der Waals surface area contributed by atoms with E-state index < -0.39 is 10.0 Å². The fraction of sp³-hybridized carbons (Fsp3) is 0.435. The topological polar surface area (TPSA) is 78.5 Å². The summed E-state index contributed by atoms with van der Waals surface area (Å²) in [5.41, 5.74) is 1.04. The molecule has 0 aromatic heterocycles. The summed E-state index contributed by atoms with van der Waals surface area (Å²) in [4.78, 5) is 14.9. The standard InChI is InChI=1S/C23H33N3O3S/c1-17(19-11-8-7-9-12-19)25-30(28,29)21-14-10-13-20(15-21)22(27)24-18(2)23(3,4)16-26(5)6/h7-15,17-18,25H,16H2,1-6H3,(H,24,27). The number of hydrogen-bond acceptors (Lipinski definition) is 4. The van der Waals surface area contributed by atoms with Crippen molar-refractivity contribution in [1.82, 2.24) is 14.9 Å². The van der Waals surface area contributed by atoms with Gasteiger partial charge in [0.05, 0.1) is 4.90 Å². The zero-order valence-electron chi connectivity index (χ0n) is 18.6. The molecule has 0 radical (unpaired) electrons. The first-order chi connectivity index (χ1) is 13.9. The van der Waals surface area contributed by atoms with Crippen molar-refractivity contribution in [2.45, 2.75) is 44.7 Å². The summed E-state index contributed by atoms with van der Waals surface area (Å²) < 4.78 is 28.4. The molecular formula is C23H33N3O3S. The summed E-state index contributed by atoms with van der Waals surface area (Å²) in [5, 5.41) is 3.01. The zero-order chi connectivity index (χ0) is 22.5. The van der Waals surface area contributed by atoms with Gasteiger partial charge in [-0.1, -0.05) is 50.2 Å². The number of sulfonamides is 1. The van der Waals surface area contributed by atoms with Crippen LogP contribution in [0.25, 0.3) is 0 Å². The fourth-order valence-electron chi connectivity index (χ4n) is 3.34. The molecule has 164 valence electrons. The van der Waals surface area contributed by atoms with Crippen LogP contribution >= 0.6 is 0 Å². The average Bonchev–Trinajstić information content (AvgIpc) is 2.67. The second-order valence-corrected chi connectivity index (χ2v) is 10.4. The predicted molar refractivity (Wildman–Crippen MR) is 121 cm³/mol. The predicted octanol–water partition coefficient (Wildman–Crippen LogP) is 3.43. The number of benzene rings is 2. The van der Waals surface area contributed by atoms with Crippen LogP contribution in [0, 0.1) is 5.41 Å². The summed E-state index contributed by atoms with van der Waals surface area (Å²) in [6.07, 6.45) is 0. The van der Waals surface area contributed by atoms with Crippen LogP contribution in [0.2, 0.25) is 0 Å². The summed E-state index contributed by atoms with van der Waals surface area (Å²) in [6, 6.07) is 15.0. The van der Waals surface area contributed by atoms with E-state index in [1.165, 1.54) is 12.1 Å². The van der Waals surface area contributed by atoms with Gasteiger partial charge >= 0.3 is 0 Å². The van der Waals surface area contributed by atoms with E-state index in [2.05, 4.69) is 28.8 Å². The first-order valence-electron chi connectivity index (χ1n) is 10.1. The van der Waals surface area contributed by atoms with E-state index in [4.69, 9.17) is 0 Å². The molecule has 2 unspecified atom stereocenters. The van der Waals surface area contributed by atoms with Gasteiger partial charge in [-0.3, -0.25) is 4.79 Å². The molecule has 0 fully saturated rings. The molecule has 0 heterocycles. The highest BCUT2D eigenvalue weighted by Gasteiger charge is 2.28. The molecule has 2 aromatic carbocycles. The zero-order valence-corrected chi connectivity index (χ0v) is 19.5. The monoisotopic (exact) mass is 431 g/mol. The van der Waals surface area contributed by atoms with Gasteiger partial charge in [-0.05, 0) is 57.1 Å². The van der Waals surface area contributed by atoms with Crippen LogP contribution in [0.15, 0.2) is 59.5 Å². The third kappa shape index (κ3) is 6.39. The number of rotatable bonds is 9. The molecule has 2 N–H and O–H groups in total. The van der Waals surface area contributed by atoms with Gasteiger partial charge in [0.15, 0.2) is 0 Å². The van der Waals surface area contributed by atoms with Crippen molar-refractivity contribution in [3.63, 3.8) is 0 Å². The van der Waals surface area contributed by atoms with Gasteiger partial charge < -0.3 is 10.2 Å². The highest BCUT2D eigenvalue weighted by molar-refractivity contribution is 7.89. The Morgan fingerprint density at radius 3 is 2.27 bits per heavy atom. The number of hydrogen-bond donors (Lipinski definition) is 2. The first-order valence-corrected chi connectivity index (χ1v) is 11.5. The molecule has 0 aliphatic heterocycles. The van der Waals surface area contributed by atoms with Gasteiger partial charge in [0, 0.05) is 24.2 Å². The molecule has 0 saturated heterocycles. The molecule has 2 atom stereocenters. The van der Waals surface area contributed by atoms with Crippen molar-refractivity contribution in [3.8, 4) is 0 Å². The molecular weight excluding hydrogens is 398 g/mol. The van der Waals surface area contributed by atoms with E-state index in [1.807, 2.05) is 51.4 Å². The van der Waals surface area contributed by atoms with Crippen molar-refractivity contribution in [2.24, 2.45) is 5.41 Å². The maximum atomic E-state index is 12.8. The average molecular weight is 432 g/mol. The molecule has 7 heteroatoms. The summed E-state index contributed by atoms with van der Waals surface area (Å²) in [5.74, 6) is -0.289. The van der Waals surface area contributed by atoms with Crippen LogP contribution in [-0.4, -0.2) is 45.9 Å². The number of carbonyl (C=O) groups is 1. The van der Waals surface area contributed by atoms with E-state index >= 15 is 0 Å². The molecule has 0 aliphatic carbocycles. The number of carbonyl (C=O) groups excluding carboxylic acids is 1. The summed E-state index contributed by atoms with van der Waals surface area (Å²) in [6.45, 7) is 8.74. The SMILES string of the molecule is CC(NS(=O)(=O)c1cccc(C(=O)NC(C)C(C)(C)CN(C)C)c1)c1ccccc1. The van der Waals surface area contributed by atoms with Crippen molar-refractivity contribution in [3.05, 3.63) is 65.7 Å². The van der Waals surface area contributed by atoms with Gasteiger partial charge in [0.25, 0.3) is 5.91 Å². The Labute approximate surface area is 180 Å². The minimum absolute atomic E-state index is 0.0677. The minimum Gasteiger partial charge on any atom is -0.349 e. The van der Waals surface area contributed by atoms with Crippen molar-refractivity contribution >= 4 is 15.9 Å². The van der Waals surface area contributed by atoms with E-state index in [1.54, 1.807) is 19.1 Å². The van der Waals surface area contributed by atoms with Crippen LogP contribution in [-0.2, 0) is 10.0 Å². The van der Waals surface area contributed by atoms with Gasteiger partial charge in [-0.15, -0.1) is 0 Å². The maximum absolute atomic E-state index is 12.8. The summed E-state index contributed by atoms with van der Waals surface area (Å²) >= 11 is 0. The van der Waals surface area contributed by atoms with Gasteiger partial charge in [-0.25, -0.2) is 13.1 Å². The van der Waals surface area contributed by atoms with Crippen molar-refractivity contribution < 1.29 is 13.2 Å². The molecule has 0 bridgehead atoms. The van der Waals surface area contributed by atoms with Crippen molar-refractivity contribution in [2.75, 3.05) is 20.6 Å². The quantitative estimate of drug-likeness (QED) is 0.638. The largest absolute Gasteiger partial charge is 0.349 e. The minimum atomic E-state index is -3.77. The molecule has 0 aliphatic rings. The Morgan fingerprint density at radius 2 is 1.67 bits per heavy atom. The molecule has 0 spiro atoms. The Bertz CT molecular complexity index is 957. The third-order valence-electron chi connectivity index (χ3n) is 5.28. The highest BCUT2D eigenvalue weighted by Crippen LogP contribution is 2.22. The van der Waals surface area contributed by atoms with E-state index in [9.17, 15) is 13.2 Å². The van der Waals surface area contributed by atoms with Gasteiger partial charge in [0.1, 0.15) is 0 Å². The lowest BCUT2D eigenvalue weighted by molar-refractivity contribution is 0.0885. The number of nitrogens with zero attached hydrogens (tertiary/aromatic N) is 1. The van der Waals surface area contributed by atoms with Crippen LogP contribution in [0.5, 0.6) is 0 Å².